The van der Waals surface area contributed by atoms with Crippen LogP contribution in [0.4, 0.5) is 5.82 Å². The van der Waals surface area contributed by atoms with Crippen molar-refractivity contribution in [3.8, 4) is 0 Å². The number of nitrogens with zero attached hydrogens (tertiary/aromatic N) is 2. The Morgan fingerprint density at radius 3 is 2.95 bits per heavy atom. The fraction of sp³-hybridized carbons (Fsp3) is 0.615. The van der Waals surface area contributed by atoms with Gasteiger partial charge in [-0.05, 0) is 31.4 Å². The van der Waals surface area contributed by atoms with Crippen LogP contribution in [-0.4, -0.2) is 48.6 Å². The topological polar surface area (TPSA) is 82.5 Å². The first kappa shape index (κ1) is 15.2. The zero-order valence-corrected chi connectivity index (χ0v) is 12.6. The summed E-state index contributed by atoms with van der Waals surface area (Å²) in [4.78, 5) is 4.30. The summed E-state index contributed by atoms with van der Waals surface area (Å²) in [7, 11) is -3.57. The summed E-state index contributed by atoms with van der Waals surface area (Å²) < 4.78 is 26.8. The highest BCUT2D eigenvalue weighted by Gasteiger charge is 2.34. The molecule has 0 saturated carbocycles. The minimum Gasteiger partial charge on any atom is -0.393 e. The Bertz CT molecular complexity index is 562. The highest BCUT2D eigenvalue weighted by Crippen LogP contribution is 2.27. The van der Waals surface area contributed by atoms with Crippen LogP contribution in [0.5, 0.6) is 0 Å². The Morgan fingerprint density at radius 1 is 1.55 bits per heavy atom. The molecule has 0 radical (unpaired) electrons. The molecule has 7 heteroatoms. The largest absolute Gasteiger partial charge is 0.393 e. The van der Waals surface area contributed by atoms with Crippen LogP contribution in [0.2, 0.25) is 0 Å². The standard InChI is InChI=1S/C13H21N3O3S/c1-3-14-13-12(5-4-7-15-13)20(18,19)16-8-6-11(17)10(2)9-16/h4-5,7,10-11,17H,3,6,8-9H2,1-2H3,(H,14,15). The lowest BCUT2D eigenvalue weighted by Crippen LogP contribution is -2.45. The molecule has 0 aromatic carbocycles. The van der Waals surface area contributed by atoms with E-state index in [-0.39, 0.29) is 10.8 Å². The predicted octanol–water partition coefficient (Wildman–Crippen LogP) is 0.905. The number of pyridine rings is 1. The molecule has 6 nitrogen and oxygen atoms in total. The van der Waals surface area contributed by atoms with Crippen LogP contribution < -0.4 is 5.32 Å². The quantitative estimate of drug-likeness (QED) is 0.863. The SMILES string of the molecule is CCNc1ncccc1S(=O)(=O)N1CCC(O)C(C)C1. The molecule has 1 aromatic heterocycles. The molecule has 2 atom stereocenters. The molecule has 0 amide bonds. The third kappa shape index (κ3) is 2.94. The lowest BCUT2D eigenvalue weighted by molar-refractivity contribution is 0.0629. The van der Waals surface area contributed by atoms with Crippen LogP contribution in [0.15, 0.2) is 23.2 Å². The number of piperidine rings is 1. The first-order chi connectivity index (χ1) is 9.46. The van der Waals surface area contributed by atoms with Crippen LogP contribution >= 0.6 is 0 Å². The monoisotopic (exact) mass is 299 g/mol. The van der Waals surface area contributed by atoms with Crippen molar-refractivity contribution in [2.75, 3.05) is 25.0 Å². The average Bonchev–Trinajstić information content (AvgIpc) is 2.42. The van der Waals surface area contributed by atoms with Crippen LogP contribution in [0, 0.1) is 5.92 Å². The number of anilines is 1. The fourth-order valence-electron chi connectivity index (χ4n) is 2.35. The average molecular weight is 299 g/mol. The van der Waals surface area contributed by atoms with Crippen molar-refractivity contribution in [3.05, 3.63) is 18.3 Å². The number of aliphatic hydroxyl groups is 1. The zero-order chi connectivity index (χ0) is 14.8. The fourth-order valence-corrected chi connectivity index (χ4v) is 4.03. The van der Waals surface area contributed by atoms with Crippen LogP contribution in [0.25, 0.3) is 0 Å². The smallest absolute Gasteiger partial charge is 0.246 e. The van der Waals surface area contributed by atoms with Crippen molar-refractivity contribution in [1.29, 1.82) is 0 Å². The molecule has 2 heterocycles. The third-order valence-corrected chi connectivity index (χ3v) is 5.45. The number of aromatic nitrogens is 1. The summed E-state index contributed by atoms with van der Waals surface area (Å²) in [6.45, 7) is 5.04. The normalized spacial score (nSPS) is 24.6. The Kier molecular flexibility index (Phi) is 4.62. The van der Waals surface area contributed by atoms with Gasteiger partial charge in [-0.2, -0.15) is 4.31 Å². The van der Waals surface area contributed by atoms with E-state index in [0.717, 1.165) is 0 Å². The molecular weight excluding hydrogens is 278 g/mol. The highest BCUT2D eigenvalue weighted by atomic mass is 32.2. The van der Waals surface area contributed by atoms with Crippen molar-refractivity contribution in [1.82, 2.24) is 9.29 Å². The van der Waals surface area contributed by atoms with E-state index in [9.17, 15) is 13.5 Å². The number of hydrogen-bond donors (Lipinski definition) is 2. The molecule has 1 aliphatic heterocycles. The second-order valence-corrected chi connectivity index (χ2v) is 6.98. The van der Waals surface area contributed by atoms with E-state index in [1.54, 1.807) is 18.3 Å². The molecular formula is C13H21N3O3S. The predicted molar refractivity (Wildman–Crippen MR) is 76.9 cm³/mol. The summed E-state index contributed by atoms with van der Waals surface area (Å²) in [5, 5.41) is 12.7. The van der Waals surface area contributed by atoms with Gasteiger partial charge in [0.2, 0.25) is 10.0 Å². The van der Waals surface area contributed by atoms with Gasteiger partial charge in [-0.15, -0.1) is 0 Å². The minimum atomic E-state index is -3.57. The summed E-state index contributed by atoms with van der Waals surface area (Å²) >= 11 is 0. The van der Waals surface area contributed by atoms with E-state index in [4.69, 9.17) is 0 Å². The van der Waals surface area contributed by atoms with Crippen molar-refractivity contribution in [2.45, 2.75) is 31.3 Å². The first-order valence-electron chi connectivity index (χ1n) is 6.84. The van der Waals surface area contributed by atoms with Gasteiger partial charge in [0, 0.05) is 25.8 Å². The van der Waals surface area contributed by atoms with E-state index in [2.05, 4.69) is 10.3 Å². The second-order valence-electron chi connectivity index (χ2n) is 5.08. The highest BCUT2D eigenvalue weighted by molar-refractivity contribution is 7.89. The van der Waals surface area contributed by atoms with Crippen molar-refractivity contribution in [2.24, 2.45) is 5.92 Å². The van der Waals surface area contributed by atoms with Crippen molar-refractivity contribution in [3.63, 3.8) is 0 Å². The van der Waals surface area contributed by atoms with Crippen LogP contribution in [-0.2, 0) is 10.0 Å². The number of hydrogen-bond acceptors (Lipinski definition) is 5. The molecule has 1 saturated heterocycles. The maximum Gasteiger partial charge on any atom is 0.246 e. The van der Waals surface area contributed by atoms with Gasteiger partial charge in [0.15, 0.2) is 0 Å². The Balaban J connectivity index is 2.31. The summed E-state index contributed by atoms with van der Waals surface area (Å²) in [6, 6.07) is 3.19. The second kappa shape index (κ2) is 6.07. The number of sulfonamides is 1. The molecule has 2 rings (SSSR count). The molecule has 0 aliphatic carbocycles. The van der Waals surface area contributed by atoms with Crippen LogP contribution in [0.1, 0.15) is 20.3 Å². The molecule has 1 fully saturated rings. The number of aliphatic hydroxyl groups excluding tert-OH is 1. The molecule has 20 heavy (non-hydrogen) atoms. The Labute approximate surface area is 119 Å². The van der Waals surface area contributed by atoms with Gasteiger partial charge in [0.1, 0.15) is 10.7 Å². The van der Waals surface area contributed by atoms with E-state index in [1.807, 2.05) is 13.8 Å². The van der Waals surface area contributed by atoms with Gasteiger partial charge in [-0.1, -0.05) is 6.92 Å². The van der Waals surface area contributed by atoms with Gasteiger partial charge >= 0.3 is 0 Å². The zero-order valence-electron chi connectivity index (χ0n) is 11.8. The van der Waals surface area contributed by atoms with Gasteiger partial charge < -0.3 is 10.4 Å². The van der Waals surface area contributed by atoms with Crippen molar-refractivity contribution < 1.29 is 13.5 Å². The molecule has 112 valence electrons. The molecule has 0 spiro atoms. The van der Waals surface area contributed by atoms with Gasteiger partial charge in [0.25, 0.3) is 0 Å². The Morgan fingerprint density at radius 2 is 2.30 bits per heavy atom. The van der Waals surface area contributed by atoms with Gasteiger partial charge in [-0.3, -0.25) is 0 Å². The van der Waals surface area contributed by atoms with E-state index in [1.165, 1.54) is 4.31 Å². The van der Waals surface area contributed by atoms with Crippen molar-refractivity contribution >= 4 is 15.8 Å². The lowest BCUT2D eigenvalue weighted by Gasteiger charge is -2.33. The molecule has 2 unspecified atom stereocenters. The summed E-state index contributed by atoms with van der Waals surface area (Å²) in [6.07, 6.45) is 1.61. The molecule has 2 N–H and O–H groups in total. The Hall–Kier alpha value is -1.18. The maximum absolute atomic E-state index is 12.7. The minimum absolute atomic E-state index is 0.0576. The summed E-state index contributed by atoms with van der Waals surface area (Å²) in [5.74, 6) is 0.326. The maximum atomic E-state index is 12.7. The summed E-state index contributed by atoms with van der Waals surface area (Å²) in [5.41, 5.74) is 0. The van der Waals surface area contributed by atoms with Gasteiger partial charge in [0.05, 0.1) is 6.10 Å². The van der Waals surface area contributed by atoms with E-state index in [0.29, 0.717) is 31.9 Å². The first-order valence-corrected chi connectivity index (χ1v) is 8.28. The molecule has 0 bridgehead atoms. The number of nitrogens with one attached hydrogen (secondary N) is 1. The molecule has 1 aromatic rings. The van der Waals surface area contributed by atoms with Gasteiger partial charge in [-0.25, -0.2) is 13.4 Å². The van der Waals surface area contributed by atoms with E-state index < -0.39 is 16.1 Å². The van der Waals surface area contributed by atoms with Crippen LogP contribution in [0.3, 0.4) is 0 Å². The molecule has 1 aliphatic rings. The third-order valence-electron chi connectivity index (χ3n) is 3.56. The lowest BCUT2D eigenvalue weighted by atomic mass is 9.99. The van der Waals surface area contributed by atoms with E-state index >= 15 is 0 Å². The number of rotatable bonds is 4.